The Morgan fingerprint density at radius 2 is 1.61 bits per heavy atom. The summed E-state index contributed by atoms with van der Waals surface area (Å²) < 4.78 is 65.7. The molecular formula is C16H12F3NO2S. The monoisotopic (exact) mass is 339 g/mol. The van der Waals surface area contributed by atoms with E-state index < -0.39 is 21.8 Å². The van der Waals surface area contributed by atoms with Crippen molar-refractivity contribution in [3.8, 4) is 0 Å². The Hall–Kier alpha value is -2.28. The van der Waals surface area contributed by atoms with Crippen molar-refractivity contribution in [1.29, 1.82) is 0 Å². The third-order valence-corrected chi connectivity index (χ3v) is 5.25. The molecule has 0 radical (unpaired) electrons. The Morgan fingerprint density at radius 3 is 2.22 bits per heavy atom. The number of hydrogen-bond acceptors (Lipinski definition) is 2. The predicted octanol–water partition coefficient (Wildman–Crippen LogP) is 4.21. The summed E-state index contributed by atoms with van der Waals surface area (Å²) in [6.45, 7) is 1.79. The molecule has 0 N–H and O–H groups in total. The molecule has 0 saturated carbocycles. The molecule has 0 saturated heterocycles. The van der Waals surface area contributed by atoms with E-state index in [2.05, 4.69) is 0 Å². The number of alkyl halides is 3. The van der Waals surface area contributed by atoms with E-state index in [9.17, 15) is 21.6 Å². The van der Waals surface area contributed by atoms with Crippen LogP contribution in [-0.4, -0.2) is 12.4 Å². The second-order valence-corrected chi connectivity index (χ2v) is 6.99. The fraction of sp³-hybridized carbons (Fsp3) is 0.125. The van der Waals surface area contributed by atoms with Gasteiger partial charge in [-0.15, -0.1) is 0 Å². The van der Waals surface area contributed by atoms with Crippen molar-refractivity contribution in [3.63, 3.8) is 0 Å². The Balaban J connectivity index is 2.30. The highest BCUT2D eigenvalue weighted by Gasteiger charge is 2.35. The second kappa shape index (κ2) is 5.13. The zero-order valence-electron chi connectivity index (χ0n) is 12.0. The summed E-state index contributed by atoms with van der Waals surface area (Å²) in [5, 5.41) is 0.218. The van der Waals surface area contributed by atoms with Crippen LogP contribution in [0.15, 0.2) is 59.6 Å². The second-order valence-electron chi connectivity index (χ2n) is 5.17. The minimum atomic E-state index is -4.64. The average Bonchev–Trinajstić information content (AvgIpc) is 2.91. The largest absolute Gasteiger partial charge is 0.418 e. The lowest BCUT2D eigenvalue weighted by Gasteiger charge is -2.13. The Bertz CT molecular complexity index is 971. The van der Waals surface area contributed by atoms with E-state index in [1.807, 2.05) is 0 Å². The van der Waals surface area contributed by atoms with Gasteiger partial charge in [0.2, 0.25) is 0 Å². The van der Waals surface area contributed by atoms with E-state index in [0.717, 1.165) is 17.8 Å². The SMILES string of the molecule is Cc1ccc(S(=O)(=O)n2ccc3cccc(C(F)(F)F)c32)cc1. The lowest BCUT2D eigenvalue weighted by molar-refractivity contribution is -0.136. The van der Waals surface area contributed by atoms with Crippen LogP contribution in [-0.2, 0) is 16.2 Å². The van der Waals surface area contributed by atoms with Gasteiger partial charge in [-0.2, -0.15) is 13.2 Å². The van der Waals surface area contributed by atoms with Crippen molar-refractivity contribution >= 4 is 20.9 Å². The van der Waals surface area contributed by atoms with E-state index in [1.54, 1.807) is 19.1 Å². The Kier molecular flexibility index (Phi) is 3.48. The quantitative estimate of drug-likeness (QED) is 0.702. The molecule has 0 aliphatic carbocycles. The number of aromatic nitrogens is 1. The van der Waals surface area contributed by atoms with Crippen molar-refractivity contribution in [1.82, 2.24) is 3.97 Å². The Morgan fingerprint density at radius 1 is 0.957 bits per heavy atom. The number of fused-ring (bicyclic) bond motifs is 1. The van der Waals surface area contributed by atoms with E-state index in [1.165, 1.54) is 30.3 Å². The van der Waals surface area contributed by atoms with Crippen LogP contribution in [0.4, 0.5) is 13.2 Å². The lowest BCUT2D eigenvalue weighted by Crippen LogP contribution is -2.15. The van der Waals surface area contributed by atoms with Crippen LogP contribution in [0.25, 0.3) is 10.9 Å². The van der Waals surface area contributed by atoms with Gasteiger partial charge in [0.15, 0.2) is 0 Å². The van der Waals surface area contributed by atoms with Crippen LogP contribution in [0.5, 0.6) is 0 Å². The molecule has 0 aliphatic heterocycles. The molecule has 120 valence electrons. The topological polar surface area (TPSA) is 39.1 Å². The molecule has 7 heteroatoms. The molecule has 0 spiro atoms. The van der Waals surface area contributed by atoms with Gasteiger partial charge >= 0.3 is 6.18 Å². The maximum atomic E-state index is 13.2. The maximum Gasteiger partial charge on any atom is 0.418 e. The zero-order valence-corrected chi connectivity index (χ0v) is 12.8. The first-order valence-electron chi connectivity index (χ1n) is 6.71. The predicted molar refractivity (Wildman–Crippen MR) is 80.7 cm³/mol. The highest BCUT2D eigenvalue weighted by Crippen LogP contribution is 2.36. The molecule has 23 heavy (non-hydrogen) atoms. The summed E-state index contributed by atoms with van der Waals surface area (Å²) >= 11 is 0. The zero-order chi connectivity index (χ0) is 16.8. The average molecular weight is 339 g/mol. The van der Waals surface area contributed by atoms with Gasteiger partial charge in [-0.05, 0) is 31.2 Å². The van der Waals surface area contributed by atoms with Gasteiger partial charge in [-0.1, -0.05) is 29.8 Å². The van der Waals surface area contributed by atoms with Crippen LogP contribution < -0.4 is 0 Å². The van der Waals surface area contributed by atoms with Crippen molar-refractivity contribution < 1.29 is 21.6 Å². The number of nitrogens with zero attached hydrogens (tertiary/aromatic N) is 1. The molecule has 3 nitrogen and oxygen atoms in total. The molecule has 1 heterocycles. The molecule has 0 unspecified atom stereocenters. The van der Waals surface area contributed by atoms with Crippen LogP contribution in [0.2, 0.25) is 0 Å². The molecule has 3 aromatic rings. The van der Waals surface area contributed by atoms with Gasteiger partial charge in [0.05, 0.1) is 16.0 Å². The van der Waals surface area contributed by atoms with E-state index in [4.69, 9.17) is 0 Å². The van der Waals surface area contributed by atoms with E-state index in [-0.39, 0.29) is 15.8 Å². The molecule has 0 fully saturated rings. The molecule has 0 atom stereocenters. The van der Waals surface area contributed by atoms with Crippen molar-refractivity contribution in [3.05, 3.63) is 65.9 Å². The third-order valence-electron chi connectivity index (χ3n) is 3.56. The van der Waals surface area contributed by atoms with Crippen LogP contribution in [0, 0.1) is 6.92 Å². The number of rotatable bonds is 2. The van der Waals surface area contributed by atoms with Crippen molar-refractivity contribution in [2.24, 2.45) is 0 Å². The molecule has 3 rings (SSSR count). The molecule has 0 amide bonds. The number of hydrogen-bond donors (Lipinski definition) is 0. The first-order chi connectivity index (χ1) is 10.7. The summed E-state index contributed by atoms with van der Waals surface area (Å²) in [4.78, 5) is -0.0578. The molecule has 2 aromatic carbocycles. The first-order valence-corrected chi connectivity index (χ1v) is 8.15. The summed E-state index contributed by atoms with van der Waals surface area (Å²) in [6, 6.07) is 10.9. The standard InChI is InChI=1S/C16H12F3NO2S/c1-11-5-7-13(8-6-11)23(21,22)20-10-9-12-3-2-4-14(15(12)20)16(17,18)19/h2-10H,1H3. The molecule has 0 bridgehead atoms. The van der Waals surface area contributed by atoms with Gasteiger partial charge in [0.1, 0.15) is 0 Å². The first kappa shape index (κ1) is 15.6. The summed E-state index contributed by atoms with van der Waals surface area (Å²) in [5.41, 5.74) is -0.478. The summed E-state index contributed by atoms with van der Waals surface area (Å²) in [6.07, 6.45) is -3.49. The van der Waals surface area contributed by atoms with E-state index >= 15 is 0 Å². The fourth-order valence-electron chi connectivity index (χ4n) is 2.42. The van der Waals surface area contributed by atoms with Gasteiger partial charge < -0.3 is 0 Å². The summed E-state index contributed by atoms with van der Waals surface area (Å²) in [7, 11) is -4.11. The highest BCUT2D eigenvalue weighted by molar-refractivity contribution is 7.90. The smallest absolute Gasteiger partial charge is 0.241 e. The highest BCUT2D eigenvalue weighted by atomic mass is 32.2. The Labute approximate surface area is 131 Å². The number of aryl methyl sites for hydroxylation is 1. The maximum absolute atomic E-state index is 13.2. The van der Waals surface area contributed by atoms with E-state index in [0.29, 0.717) is 3.97 Å². The van der Waals surface area contributed by atoms with Gasteiger partial charge in [0.25, 0.3) is 10.0 Å². The normalized spacial score (nSPS) is 12.7. The van der Waals surface area contributed by atoms with Crippen LogP contribution in [0.3, 0.4) is 0 Å². The fourth-order valence-corrected chi connectivity index (χ4v) is 3.79. The summed E-state index contributed by atoms with van der Waals surface area (Å²) in [5.74, 6) is 0. The lowest BCUT2D eigenvalue weighted by atomic mass is 10.1. The molecule has 0 aliphatic rings. The van der Waals surface area contributed by atoms with Gasteiger partial charge in [-0.3, -0.25) is 0 Å². The van der Waals surface area contributed by atoms with Crippen LogP contribution in [0.1, 0.15) is 11.1 Å². The number of halogens is 3. The van der Waals surface area contributed by atoms with Gasteiger partial charge in [-0.25, -0.2) is 12.4 Å². The van der Waals surface area contributed by atoms with Crippen molar-refractivity contribution in [2.45, 2.75) is 18.0 Å². The minimum absolute atomic E-state index is 0.0578. The molecule has 1 aromatic heterocycles. The number of benzene rings is 2. The minimum Gasteiger partial charge on any atom is -0.241 e. The third kappa shape index (κ3) is 2.61. The van der Waals surface area contributed by atoms with Gasteiger partial charge in [0, 0.05) is 11.6 Å². The van der Waals surface area contributed by atoms with Crippen molar-refractivity contribution in [2.75, 3.05) is 0 Å². The number of para-hydroxylation sites is 1. The van der Waals surface area contributed by atoms with Crippen LogP contribution >= 0.6 is 0 Å². The molecular weight excluding hydrogens is 327 g/mol.